The molecular formula is C12H13ClS. The first-order valence-corrected chi connectivity index (χ1v) is 6.28. The average Bonchev–Trinajstić information content (AvgIpc) is 2.65. The van der Waals surface area contributed by atoms with Crippen molar-refractivity contribution in [2.24, 2.45) is 0 Å². The third-order valence-corrected chi connectivity index (χ3v) is 4.11. The van der Waals surface area contributed by atoms with Crippen molar-refractivity contribution in [2.75, 3.05) is 5.75 Å². The molecule has 1 aromatic rings. The average molecular weight is 225 g/mol. The van der Waals surface area contributed by atoms with Crippen molar-refractivity contribution < 1.29 is 0 Å². The van der Waals surface area contributed by atoms with Crippen molar-refractivity contribution in [1.82, 2.24) is 0 Å². The molecule has 0 aliphatic carbocycles. The van der Waals surface area contributed by atoms with Crippen LogP contribution in [0.3, 0.4) is 0 Å². The van der Waals surface area contributed by atoms with E-state index in [1.54, 1.807) is 0 Å². The fraction of sp³-hybridized carbons (Fsp3) is 0.333. The third-order valence-electron chi connectivity index (χ3n) is 2.44. The Morgan fingerprint density at radius 3 is 2.50 bits per heavy atom. The van der Waals surface area contributed by atoms with Crippen molar-refractivity contribution in [3.63, 3.8) is 0 Å². The number of rotatable bonds is 2. The summed E-state index contributed by atoms with van der Waals surface area (Å²) in [5, 5.41) is 1.03. The summed E-state index contributed by atoms with van der Waals surface area (Å²) in [7, 11) is 0. The van der Waals surface area contributed by atoms with Crippen LogP contribution < -0.4 is 0 Å². The number of halogens is 1. The van der Waals surface area contributed by atoms with Crippen LogP contribution in [0.4, 0.5) is 0 Å². The highest BCUT2D eigenvalue weighted by Crippen LogP contribution is 2.40. The fourth-order valence-corrected chi connectivity index (χ4v) is 3.12. The molecule has 0 bridgehead atoms. The van der Waals surface area contributed by atoms with Crippen molar-refractivity contribution in [2.45, 2.75) is 19.8 Å². The first-order valence-electron chi connectivity index (χ1n) is 4.92. The highest BCUT2D eigenvalue weighted by atomic mass is 35.5. The molecule has 2 heteroatoms. The van der Waals surface area contributed by atoms with Gasteiger partial charge in [0.25, 0.3) is 0 Å². The van der Waals surface area contributed by atoms with E-state index in [1.165, 1.54) is 16.0 Å². The lowest BCUT2D eigenvalue weighted by atomic mass is 10.1. The molecule has 0 aromatic heterocycles. The zero-order valence-corrected chi connectivity index (χ0v) is 9.79. The molecule has 0 amide bonds. The summed E-state index contributed by atoms with van der Waals surface area (Å²) < 4.78 is 0. The number of aryl methyl sites for hydroxylation is 1. The molecule has 0 radical (unpaired) electrons. The van der Waals surface area contributed by atoms with E-state index in [2.05, 4.69) is 31.2 Å². The molecule has 14 heavy (non-hydrogen) atoms. The molecule has 2 rings (SSSR count). The van der Waals surface area contributed by atoms with Crippen LogP contribution >= 0.6 is 23.4 Å². The van der Waals surface area contributed by atoms with Gasteiger partial charge in [-0.05, 0) is 24.0 Å². The Bertz CT molecular complexity index is 351. The maximum Gasteiger partial charge on any atom is 0.0331 e. The van der Waals surface area contributed by atoms with Gasteiger partial charge in [-0.15, -0.1) is 11.8 Å². The summed E-state index contributed by atoms with van der Waals surface area (Å²) >= 11 is 8.01. The Balaban J connectivity index is 2.29. The number of benzene rings is 1. The minimum absolute atomic E-state index is 1.02. The van der Waals surface area contributed by atoms with Crippen LogP contribution in [0.15, 0.2) is 29.3 Å². The van der Waals surface area contributed by atoms with Crippen molar-refractivity contribution >= 4 is 28.3 Å². The molecule has 0 saturated heterocycles. The SMILES string of the molecule is CCc1ccc(C2=C(Cl)CCS2)cc1. The second kappa shape index (κ2) is 4.41. The lowest BCUT2D eigenvalue weighted by Crippen LogP contribution is -1.82. The van der Waals surface area contributed by atoms with Gasteiger partial charge < -0.3 is 0 Å². The Kier molecular flexibility index (Phi) is 3.19. The number of thioether (sulfide) groups is 1. The van der Waals surface area contributed by atoms with Crippen molar-refractivity contribution in [3.05, 3.63) is 40.4 Å². The van der Waals surface area contributed by atoms with Gasteiger partial charge in [0.1, 0.15) is 0 Å². The lowest BCUT2D eigenvalue weighted by molar-refractivity contribution is 1.14. The Morgan fingerprint density at radius 2 is 2.00 bits per heavy atom. The molecule has 0 atom stereocenters. The molecule has 74 valence electrons. The van der Waals surface area contributed by atoms with Gasteiger partial charge in [0.2, 0.25) is 0 Å². The van der Waals surface area contributed by atoms with E-state index in [4.69, 9.17) is 11.6 Å². The largest absolute Gasteiger partial charge is 0.124 e. The summed E-state index contributed by atoms with van der Waals surface area (Å²) in [5.74, 6) is 1.13. The molecule has 0 N–H and O–H groups in total. The number of allylic oxidation sites excluding steroid dienone is 1. The molecule has 0 fully saturated rings. The molecule has 1 heterocycles. The molecule has 1 aromatic carbocycles. The topological polar surface area (TPSA) is 0 Å². The molecule has 1 aliphatic heterocycles. The van der Waals surface area contributed by atoms with Crippen LogP contribution in [0.25, 0.3) is 4.91 Å². The van der Waals surface area contributed by atoms with E-state index in [0.717, 1.165) is 23.6 Å². The van der Waals surface area contributed by atoms with Gasteiger partial charge in [0, 0.05) is 15.7 Å². The van der Waals surface area contributed by atoms with Crippen molar-refractivity contribution in [3.8, 4) is 0 Å². The van der Waals surface area contributed by atoms with Crippen molar-refractivity contribution in [1.29, 1.82) is 0 Å². The smallest absolute Gasteiger partial charge is 0.0331 e. The minimum atomic E-state index is 1.02. The van der Waals surface area contributed by atoms with Gasteiger partial charge in [0.05, 0.1) is 0 Å². The van der Waals surface area contributed by atoms with Crippen LogP contribution in [-0.4, -0.2) is 5.75 Å². The van der Waals surface area contributed by atoms with Crippen LogP contribution in [-0.2, 0) is 6.42 Å². The van der Waals surface area contributed by atoms with Gasteiger partial charge in [-0.3, -0.25) is 0 Å². The minimum Gasteiger partial charge on any atom is -0.124 e. The lowest BCUT2D eigenvalue weighted by Gasteiger charge is -2.03. The van der Waals surface area contributed by atoms with Gasteiger partial charge in [-0.2, -0.15) is 0 Å². The second-order valence-electron chi connectivity index (χ2n) is 3.38. The van der Waals surface area contributed by atoms with Gasteiger partial charge >= 0.3 is 0 Å². The maximum atomic E-state index is 6.15. The summed E-state index contributed by atoms with van der Waals surface area (Å²) in [4.78, 5) is 1.27. The predicted molar refractivity (Wildman–Crippen MR) is 65.7 cm³/mol. The van der Waals surface area contributed by atoms with Crippen LogP contribution in [0.2, 0.25) is 0 Å². The third kappa shape index (κ3) is 1.99. The second-order valence-corrected chi connectivity index (χ2v) is 4.94. The fourth-order valence-electron chi connectivity index (χ4n) is 1.57. The first-order chi connectivity index (χ1) is 6.81. The van der Waals surface area contributed by atoms with E-state index in [1.807, 2.05) is 11.8 Å². The monoisotopic (exact) mass is 224 g/mol. The number of hydrogen-bond donors (Lipinski definition) is 0. The van der Waals surface area contributed by atoms with E-state index < -0.39 is 0 Å². The summed E-state index contributed by atoms with van der Waals surface area (Å²) in [5.41, 5.74) is 2.66. The summed E-state index contributed by atoms with van der Waals surface area (Å²) in [6.45, 7) is 2.17. The normalized spacial score (nSPS) is 16.4. The van der Waals surface area contributed by atoms with E-state index in [9.17, 15) is 0 Å². The van der Waals surface area contributed by atoms with Gasteiger partial charge in [-0.1, -0.05) is 42.8 Å². The molecule has 0 spiro atoms. The Labute approximate surface area is 94.4 Å². The van der Waals surface area contributed by atoms with Gasteiger partial charge in [-0.25, -0.2) is 0 Å². The molecular weight excluding hydrogens is 212 g/mol. The molecule has 1 aliphatic rings. The van der Waals surface area contributed by atoms with Crippen LogP contribution in [0, 0.1) is 0 Å². The molecule has 0 saturated carbocycles. The maximum absolute atomic E-state index is 6.15. The Hall–Kier alpha value is -0.400. The molecule has 0 nitrogen and oxygen atoms in total. The van der Waals surface area contributed by atoms with E-state index in [0.29, 0.717) is 0 Å². The zero-order valence-electron chi connectivity index (χ0n) is 8.22. The zero-order chi connectivity index (χ0) is 9.97. The first kappa shape index (κ1) is 10.1. The highest BCUT2D eigenvalue weighted by molar-refractivity contribution is 8.08. The summed E-state index contributed by atoms with van der Waals surface area (Å²) in [6.07, 6.45) is 2.12. The Morgan fingerprint density at radius 1 is 1.29 bits per heavy atom. The van der Waals surface area contributed by atoms with E-state index in [-0.39, 0.29) is 0 Å². The summed E-state index contributed by atoms with van der Waals surface area (Å²) in [6, 6.07) is 8.72. The molecule has 0 unspecified atom stereocenters. The predicted octanol–water partition coefficient (Wildman–Crippen LogP) is 4.29. The number of hydrogen-bond acceptors (Lipinski definition) is 1. The standard InChI is InChI=1S/C12H13ClS/c1-2-9-3-5-10(6-4-9)12-11(13)7-8-14-12/h3-6H,2,7-8H2,1H3. The van der Waals surface area contributed by atoms with E-state index >= 15 is 0 Å². The highest BCUT2D eigenvalue weighted by Gasteiger charge is 2.14. The van der Waals surface area contributed by atoms with Gasteiger partial charge in [0.15, 0.2) is 0 Å². The van der Waals surface area contributed by atoms with Crippen LogP contribution in [0.1, 0.15) is 24.5 Å². The van der Waals surface area contributed by atoms with Crippen LogP contribution in [0.5, 0.6) is 0 Å². The quantitative estimate of drug-likeness (QED) is 0.722.